The highest BCUT2D eigenvalue weighted by Crippen LogP contribution is 2.35. The van der Waals surface area contributed by atoms with Crippen LogP contribution < -0.4 is 4.84 Å². The van der Waals surface area contributed by atoms with Gasteiger partial charge in [-0.3, -0.25) is 0 Å². The van der Waals surface area contributed by atoms with Crippen LogP contribution in [0.1, 0.15) is 58.7 Å². The molecule has 0 aliphatic heterocycles. The lowest BCUT2D eigenvalue weighted by atomic mass is 9.85. The van der Waals surface area contributed by atoms with Gasteiger partial charge >= 0.3 is 6.09 Å². The van der Waals surface area contributed by atoms with Crippen molar-refractivity contribution >= 4 is 6.09 Å². The fraction of sp³-hybridized carbons (Fsp3) is 0.714. The van der Waals surface area contributed by atoms with E-state index in [-0.39, 0.29) is 11.6 Å². The van der Waals surface area contributed by atoms with E-state index in [1.165, 1.54) is 11.2 Å². The quantitative estimate of drug-likeness (QED) is 0.844. The topological polar surface area (TPSA) is 47.4 Å². The molecule has 1 fully saturated rings. The molecule has 106 valence electrons. The number of hydrogen-bond acceptors (Lipinski definition) is 3. The Balaban J connectivity index is 2.08. The maximum Gasteiger partial charge on any atom is 0.435 e. The summed E-state index contributed by atoms with van der Waals surface area (Å²) in [6.45, 7) is 8.57. The van der Waals surface area contributed by atoms with E-state index in [2.05, 4.69) is 4.98 Å². The van der Waals surface area contributed by atoms with Gasteiger partial charge in [0.2, 0.25) is 0 Å². The fourth-order valence-corrected chi connectivity index (χ4v) is 2.34. The first-order chi connectivity index (χ1) is 8.93. The lowest BCUT2D eigenvalue weighted by Gasteiger charge is -2.33. The zero-order valence-electron chi connectivity index (χ0n) is 12.2. The maximum absolute atomic E-state index is 12.2. The Hall–Kier alpha value is -1.52. The van der Waals surface area contributed by atoms with Crippen molar-refractivity contribution in [2.45, 2.75) is 58.4 Å². The maximum atomic E-state index is 12.2. The van der Waals surface area contributed by atoms with Gasteiger partial charge in [0.1, 0.15) is 5.82 Å². The van der Waals surface area contributed by atoms with E-state index in [1.807, 2.05) is 27.7 Å². The molecule has 1 aliphatic carbocycles. The molecule has 5 heteroatoms. The summed E-state index contributed by atoms with van der Waals surface area (Å²) in [5.74, 6) is 1.30. The average molecular weight is 265 g/mol. The summed E-state index contributed by atoms with van der Waals surface area (Å²) in [5, 5.41) is 0. The molecule has 19 heavy (non-hydrogen) atoms. The molecule has 1 aromatic rings. The van der Waals surface area contributed by atoms with Gasteiger partial charge in [0.05, 0.1) is 6.20 Å². The van der Waals surface area contributed by atoms with Gasteiger partial charge in [0.15, 0.2) is 0 Å². The highest BCUT2D eigenvalue weighted by molar-refractivity contribution is 5.68. The normalized spacial score (nSPS) is 16.0. The summed E-state index contributed by atoms with van der Waals surface area (Å²) in [6, 6.07) is 0. The number of hydrogen-bond donors (Lipinski definition) is 0. The van der Waals surface area contributed by atoms with Crippen LogP contribution >= 0.6 is 0 Å². The molecule has 1 aliphatic rings. The predicted molar refractivity (Wildman–Crippen MR) is 72.9 cm³/mol. The molecule has 0 spiro atoms. The summed E-state index contributed by atoms with van der Waals surface area (Å²) in [5.41, 5.74) is -0.247. The third-order valence-corrected chi connectivity index (χ3v) is 3.63. The van der Waals surface area contributed by atoms with Crippen molar-refractivity contribution in [1.82, 2.24) is 14.6 Å². The van der Waals surface area contributed by atoms with Crippen molar-refractivity contribution in [2.75, 3.05) is 6.54 Å². The van der Waals surface area contributed by atoms with Crippen LogP contribution in [0.2, 0.25) is 0 Å². The van der Waals surface area contributed by atoms with E-state index in [1.54, 1.807) is 17.3 Å². The fourth-order valence-electron chi connectivity index (χ4n) is 2.34. The van der Waals surface area contributed by atoms with E-state index in [0.29, 0.717) is 12.5 Å². The number of carbonyl (C=O) groups excluding carboxylic acids is 1. The van der Waals surface area contributed by atoms with Gasteiger partial charge in [0.25, 0.3) is 0 Å². The third kappa shape index (κ3) is 2.91. The molecule has 2 rings (SSSR count). The van der Waals surface area contributed by atoms with Gasteiger partial charge in [-0.05, 0) is 40.5 Å². The first-order valence-corrected chi connectivity index (χ1v) is 6.96. The number of carbonyl (C=O) groups is 1. The van der Waals surface area contributed by atoms with Crippen molar-refractivity contribution in [3.05, 3.63) is 18.2 Å². The van der Waals surface area contributed by atoms with Crippen molar-refractivity contribution in [2.24, 2.45) is 0 Å². The van der Waals surface area contributed by atoms with Gasteiger partial charge < -0.3 is 9.74 Å². The van der Waals surface area contributed by atoms with E-state index in [4.69, 9.17) is 4.84 Å². The Morgan fingerprint density at radius 2 is 2.21 bits per heavy atom. The molecular weight excluding hydrogens is 242 g/mol. The highest BCUT2D eigenvalue weighted by atomic mass is 16.7. The van der Waals surface area contributed by atoms with Crippen LogP contribution in [-0.2, 0) is 0 Å². The van der Waals surface area contributed by atoms with Crippen LogP contribution in [0.4, 0.5) is 4.79 Å². The molecule has 1 aromatic heterocycles. The molecule has 5 nitrogen and oxygen atoms in total. The Morgan fingerprint density at radius 1 is 1.53 bits per heavy atom. The van der Waals surface area contributed by atoms with Crippen LogP contribution in [-0.4, -0.2) is 32.8 Å². The van der Waals surface area contributed by atoms with Crippen LogP contribution in [0.15, 0.2) is 12.4 Å². The molecule has 1 heterocycles. The summed E-state index contributed by atoms with van der Waals surface area (Å²) in [4.78, 5) is 23.7. The van der Waals surface area contributed by atoms with Crippen LogP contribution in [0.5, 0.6) is 0 Å². The van der Waals surface area contributed by atoms with Crippen molar-refractivity contribution in [3.63, 3.8) is 0 Å². The number of nitrogens with zero attached hydrogens (tertiary/aromatic N) is 3. The number of aromatic nitrogens is 2. The highest BCUT2D eigenvalue weighted by Gasteiger charge is 2.29. The van der Waals surface area contributed by atoms with Gasteiger partial charge in [-0.25, -0.2) is 9.78 Å². The average Bonchev–Trinajstić information content (AvgIpc) is 2.62. The third-order valence-electron chi connectivity index (χ3n) is 3.63. The molecule has 0 atom stereocenters. The zero-order valence-corrected chi connectivity index (χ0v) is 12.2. The van der Waals surface area contributed by atoms with Crippen LogP contribution in [0, 0.1) is 0 Å². The minimum absolute atomic E-state index is 0.247. The summed E-state index contributed by atoms with van der Waals surface area (Å²) < 4.78 is 1.53. The monoisotopic (exact) mass is 265 g/mol. The van der Waals surface area contributed by atoms with E-state index in [9.17, 15) is 4.79 Å². The van der Waals surface area contributed by atoms with Crippen molar-refractivity contribution < 1.29 is 9.63 Å². The van der Waals surface area contributed by atoms with Crippen molar-refractivity contribution in [3.8, 4) is 0 Å². The summed E-state index contributed by atoms with van der Waals surface area (Å²) in [6.07, 6.45) is 6.57. The molecule has 0 bridgehead atoms. The Bertz CT molecular complexity index is 444. The first kappa shape index (κ1) is 13.9. The Morgan fingerprint density at radius 3 is 2.68 bits per heavy atom. The lowest BCUT2D eigenvalue weighted by molar-refractivity contribution is 0.0585. The molecule has 0 radical (unpaired) electrons. The molecule has 0 saturated heterocycles. The van der Waals surface area contributed by atoms with Crippen molar-refractivity contribution in [1.29, 1.82) is 0 Å². The van der Waals surface area contributed by atoms with E-state index >= 15 is 0 Å². The number of imidazole rings is 1. The van der Waals surface area contributed by atoms with Gasteiger partial charge in [0, 0.05) is 24.2 Å². The second-order valence-electron chi connectivity index (χ2n) is 6.01. The molecule has 0 unspecified atom stereocenters. The largest absolute Gasteiger partial charge is 0.435 e. The second kappa shape index (κ2) is 5.23. The minimum Gasteiger partial charge on any atom is -0.316 e. The number of amides is 1. The number of rotatable bonds is 3. The first-order valence-electron chi connectivity index (χ1n) is 6.96. The second-order valence-corrected chi connectivity index (χ2v) is 6.01. The van der Waals surface area contributed by atoms with Gasteiger partial charge in [-0.2, -0.15) is 4.73 Å². The Labute approximate surface area is 114 Å². The standard InChI is InChI=1S/C14H23N3O2/c1-5-16(14(2,3)4)13(18)19-17-10-9-15-12(17)11-7-6-8-11/h9-11H,5-8H2,1-4H3. The molecule has 1 saturated carbocycles. The SMILES string of the molecule is CCN(C(=O)On1ccnc1C1CCC1)C(C)(C)C. The summed E-state index contributed by atoms with van der Waals surface area (Å²) >= 11 is 0. The van der Waals surface area contributed by atoms with Crippen LogP contribution in [0.3, 0.4) is 0 Å². The molecular formula is C14H23N3O2. The van der Waals surface area contributed by atoms with Gasteiger partial charge in [-0.1, -0.05) is 6.42 Å². The molecule has 1 amide bonds. The lowest BCUT2D eigenvalue weighted by Crippen LogP contribution is -2.48. The Kier molecular flexibility index (Phi) is 3.83. The smallest absolute Gasteiger partial charge is 0.316 e. The predicted octanol–water partition coefficient (Wildman–Crippen LogP) is 2.82. The van der Waals surface area contributed by atoms with E-state index in [0.717, 1.165) is 18.7 Å². The van der Waals surface area contributed by atoms with E-state index < -0.39 is 0 Å². The molecule has 0 N–H and O–H groups in total. The minimum atomic E-state index is -0.325. The zero-order chi connectivity index (χ0) is 14.0. The molecule has 0 aromatic carbocycles. The summed E-state index contributed by atoms with van der Waals surface area (Å²) in [7, 11) is 0. The van der Waals surface area contributed by atoms with Gasteiger partial charge in [-0.15, -0.1) is 0 Å². The van der Waals surface area contributed by atoms with Crippen LogP contribution in [0.25, 0.3) is 0 Å².